The molecule has 7 heteroatoms. The molecule has 0 saturated heterocycles. The van der Waals surface area contributed by atoms with Crippen molar-refractivity contribution in [2.45, 2.75) is 17.4 Å². The average Bonchev–Trinajstić information content (AvgIpc) is 2.38. The van der Waals surface area contributed by atoms with Gasteiger partial charge in [0, 0.05) is 26.2 Å². The van der Waals surface area contributed by atoms with Crippen LogP contribution in [-0.2, 0) is 14.8 Å². The minimum absolute atomic E-state index is 0.0348. The summed E-state index contributed by atoms with van der Waals surface area (Å²) in [5.41, 5.74) is 0.491. The van der Waals surface area contributed by atoms with Crippen LogP contribution in [0.5, 0.6) is 0 Å². The van der Waals surface area contributed by atoms with Crippen molar-refractivity contribution >= 4 is 21.7 Å². The Labute approximate surface area is 118 Å². The predicted molar refractivity (Wildman–Crippen MR) is 75.8 cm³/mol. The maximum absolute atomic E-state index is 11.9. The first-order chi connectivity index (χ1) is 9.28. The largest absolute Gasteiger partial charge is 0.480 e. The van der Waals surface area contributed by atoms with Gasteiger partial charge in [0.15, 0.2) is 0 Å². The van der Waals surface area contributed by atoms with Gasteiger partial charge in [0.05, 0.1) is 4.90 Å². The summed E-state index contributed by atoms with van der Waals surface area (Å²) in [4.78, 5) is 11.1. The zero-order chi connectivity index (χ0) is 15.3. The highest BCUT2D eigenvalue weighted by atomic mass is 32.2. The van der Waals surface area contributed by atoms with Crippen molar-refractivity contribution in [3.8, 4) is 12.3 Å². The predicted octanol–water partition coefficient (Wildman–Crippen LogP) is 0.825. The first-order valence-corrected chi connectivity index (χ1v) is 7.18. The van der Waals surface area contributed by atoms with Crippen LogP contribution in [0.15, 0.2) is 29.2 Å². The quantitative estimate of drug-likeness (QED) is 0.759. The molecule has 1 unspecified atom stereocenters. The van der Waals surface area contributed by atoms with Crippen molar-refractivity contribution in [3.05, 3.63) is 24.3 Å². The van der Waals surface area contributed by atoms with Gasteiger partial charge in [0.2, 0.25) is 10.0 Å². The number of hydrogen-bond donors (Lipinski definition) is 2. The molecule has 1 rings (SSSR count). The summed E-state index contributed by atoms with van der Waals surface area (Å²) in [5.74, 6) is 1.21. The second kappa shape index (κ2) is 6.41. The van der Waals surface area contributed by atoms with Crippen LogP contribution < -0.4 is 5.32 Å². The minimum atomic E-state index is -3.49. The lowest BCUT2D eigenvalue weighted by Crippen LogP contribution is -2.28. The van der Waals surface area contributed by atoms with Crippen LogP contribution >= 0.6 is 0 Å². The third-order valence-corrected chi connectivity index (χ3v) is 4.42. The summed E-state index contributed by atoms with van der Waals surface area (Å²) in [5, 5.41) is 11.7. The monoisotopic (exact) mass is 296 g/mol. The molecular formula is C13H16N2O4S. The van der Waals surface area contributed by atoms with Crippen LogP contribution in [0.3, 0.4) is 0 Å². The number of nitrogens with one attached hydrogen (secondary N) is 1. The number of hydrogen-bond acceptors (Lipinski definition) is 4. The van der Waals surface area contributed by atoms with E-state index in [0.717, 1.165) is 4.31 Å². The van der Waals surface area contributed by atoms with Crippen molar-refractivity contribution in [2.75, 3.05) is 19.4 Å². The van der Waals surface area contributed by atoms with E-state index in [9.17, 15) is 13.2 Å². The molecule has 0 aliphatic rings. The van der Waals surface area contributed by atoms with Crippen LogP contribution in [0.25, 0.3) is 0 Å². The van der Waals surface area contributed by atoms with Crippen molar-refractivity contribution in [2.24, 2.45) is 0 Å². The molecule has 0 spiro atoms. The third-order valence-electron chi connectivity index (χ3n) is 2.59. The first kappa shape index (κ1) is 16.0. The van der Waals surface area contributed by atoms with Crippen molar-refractivity contribution in [1.82, 2.24) is 4.31 Å². The maximum Gasteiger partial charge on any atom is 0.327 e. The van der Waals surface area contributed by atoms with Gasteiger partial charge in [0.25, 0.3) is 0 Å². The van der Waals surface area contributed by atoms with Crippen molar-refractivity contribution < 1.29 is 18.3 Å². The van der Waals surface area contributed by atoms with Crippen molar-refractivity contribution in [3.63, 3.8) is 0 Å². The Morgan fingerprint density at radius 2 is 1.95 bits per heavy atom. The van der Waals surface area contributed by atoms with E-state index in [0.29, 0.717) is 5.69 Å². The zero-order valence-corrected chi connectivity index (χ0v) is 12.0. The highest BCUT2D eigenvalue weighted by Gasteiger charge is 2.18. The van der Waals surface area contributed by atoms with E-state index >= 15 is 0 Å². The Hall–Kier alpha value is -2.04. The normalized spacial score (nSPS) is 12.7. The van der Waals surface area contributed by atoms with Crippen molar-refractivity contribution in [1.29, 1.82) is 0 Å². The number of carbonyl (C=O) groups is 1. The molecule has 1 aromatic rings. The summed E-state index contributed by atoms with van der Waals surface area (Å²) in [7, 11) is -0.613. The maximum atomic E-state index is 11.9. The van der Waals surface area contributed by atoms with E-state index in [4.69, 9.17) is 11.5 Å². The first-order valence-electron chi connectivity index (χ1n) is 5.74. The number of anilines is 1. The van der Waals surface area contributed by atoms with E-state index in [-0.39, 0.29) is 11.3 Å². The number of aliphatic carboxylic acids is 1. The lowest BCUT2D eigenvalue weighted by molar-refractivity contribution is -0.137. The van der Waals surface area contributed by atoms with Gasteiger partial charge < -0.3 is 10.4 Å². The molecule has 1 aromatic carbocycles. The minimum Gasteiger partial charge on any atom is -0.480 e. The molecule has 0 radical (unpaired) electrons. The summed E-state index contributed by atoms with van der Waals surface area (Å²) in [6, 6.07) is 4.92. The van der Waals surface area contributed by atoms with Gasteiger partial charge in [-0.2, -0.15) is 0 Å². The van der Waals surface area contributed by atoms with Gasteiger partial charge in [-0.1, -0.05) is 0 Å². The second-order valence-corrected chi connectivity index (χ2v) is 6.41. The van der Waals surface area contributed by atoms with Crippen LogP contribution in [-0.4, -0.2) is 43.9 Å². The Kier molecular flexibility index (Phi) is 5.13. The number of terminal acetylenes is 1. The Morgan fingerprint density at radius 1 is 1.40 bits per heavy atom. The van der Waals surface area contributed by atoms with Gasteiger partial charge in [-0.05, 0) is 24.3 Å². The third kappa shape index (κ3) is 3.73. The summed E-state index contributed by atoms with van der Waals surface area (Å²) < 4.78 is 24.8. The topological polar surface area (TPSA) is 86.7 Å². The van der Waals surface area contributed by atoms with Gasteiger partial charge in [-0.3, -0.25) is 0 Å². The fourth-order valence-corrected chi connectivity index (χ4v) is 2.35. The number of nitrogens with zero attached hydrogens (tertiary/aromatic N) is 1. The molecule has 0 fully saturated rings. The van der Waals surface area contributed by atoms with E-state index in [1.165, 1.54) is 38.4 Å². The smallest absolute Gasteiger partial charge is 0.327 e. The molecule has 6 nitrogen and oxygen atoms in total. The summed E-state index contributed by atoms with van der Waals surface area (Å²) >= 11 is 0. The van der Waals surface area contributed by atoms with E-state index in [2.05, 4.69) is 11.2 Å². The highest BCUT2D eigenvalue weighted by Crippen LogP contribution is 2.17. The molecule has 2 N–H and O–H groups in total. The number of rotatable bonds is 6. The summed E-state index contributed by atoms with van der Waals surface area (Å²) in [6.45, 7) is 0. The molecule has 1 atom stereocenters. The zero-order valence-electron chi connectivity index (χ0n) is 11.2. The number of benzene rings is 1. The van der Waals surface area contributed by atoms with Crippen LogP contribution in [0.1, 0.15) is 6.42 Å². The SMILES string of the molecule is C#CCC(Nc1ccc(S(=O)(=O)N(C)C)cc1)C(=O)O. The standard InChI is InChI=1S/C13H16N2O4S/c1-4-5-12(13(16)17)14-10-6-8-11(9-7-10)20(18,19)15(2)3/h1,6-9,12,14H,5H2,2-3H3,(H,16,17). The number of sulfonamides is 1. The average molecular weight is 296 g/mol. The van der Waals surface area contributed by atoms with Crippen LogP contribution in [0, 0.1) is 12.3 Å². The summed E-state index contributed by atoms with van der Waals surface area (Å²) in [6.07, 6.45) is 5.13. The van der Waals surface area contributed by atoms with Gasteiger partial charge >= 0.3 is 5.97 Å². The van der Waals surface area contributed by atoms with E-state index < -0.39 is 22.0 Å². The van der Waals surface area contributed by atoms with E-state index in [1.807, 2.05) is 0 Å². The van der Waals surface area contributed by atoms with Gasteiger partial charge in [0.1, 0.15) is 6.04 Å². The molecule has 0 heterocycles. The molecule has 0 aliphatic carbocycles. The fourth-order valence-electron chi connectivity index (χ4n) is 1.45. The molecule has 0 amide bonds. The van der Waals surface area contributed by atoms with Crippen LogP contribution in [0.2, 0.25) is 0 Å². The lowest BCUT2D eigenvalue weighted by Gasteiger charge is -2.15. The highest BCUT2D eigenvalue weighted by molar-refractivity contribution is 7.89. The van der Waals surface area contributed by atoms with Crippen LogP contribution in [0.4, 0.5) is 5.69 Å². The fraction of sp³-hybridized carbons (Fsp3) is 0.308. The Morgan fingerprint density at radius 3 is 2.35 bits per heavy atom. The second-order valence-electron chi connectivity index (χ2n) is 4.26. The van der Waals surface area contributed by atoms with E-state index in [1.54, 1.807) is 0 Å². The van der Waals surface area contributed by atoms with Gasteiger partial charge in [-0.25, -0.2) is 17.5 Å². The molecule has 0 aliphatic heterocycles. The molecule has 0 aromatic heterocycles. The molecule has 20 heavy (non-hydrogen) atoms. The van der Waals surface area contributed by atoms with Gasteiger partial charge in [-0.15, -0.1) is 12.3 Å². The number of carboxylic acids is 1. The molecular weight excluding hydrogens is 280 g/mol. The number of carboxylic acid groups (broad SMARTS) is 1. The molecule has 0 bridgehead atoms. The lowest BCUT2D eigenvalue weighted by atomic mass is 10.2. The molecule has 108 valence electrons. The Balaban J connectivity index is 2.93. The molecule has 0 saturated carbocycles. The Bertz CT molecular complexity index is 615.